The summed E-state index contributed by atoms with van der Waals surface area (Å²) < 4.78 is 0. The van der Waals surface area contributed by atoms with E-state index >= 15 is 0 Å². The van der Waals surface area contributed by atoms with Gasteiger partial charge in [-0.25, -0.2) is 9.59 Å². The summed E-state index contributed by atoms with van der Waals surface area (Å²) in [4.78, 5) is 23.6. The summed E-state index contributed by atoms with van der Waals surface area (Å²) >= 11 is 0. The third-order valence-corrected chi connectivity index (χ3v) is 2.47. The Balaban J connectivity index is 0.000000200. The van der Waals surface area contributed by atoms with Gasteiger partial charge in [0.25, 0.3) is 0 Å². The van der Waals surface area contributed by atoms with E-state index in [0.717, 1.165) is 11.1 Å². The fourth-order valence-electron chi connectivity index (χ4n) is 1.45. The summed E-state index contributed by atoms with van der Waals surface area (Å²) in [6, 6.07) is 14.2. The van der Waals surface area contributed by atoms with E-state index in [9.17, 15) is 9.59 Å². The van der Waals surface area contributed by atoms with Crippen LogP contribution in [0, 0.1) is 13.8 Å². The first kappa shape index (κ1) is 15.3. The second-order valence-corrected chi connectivity index (χ2v) is 4.21. The van der Waals surface area contributed by atoms with Crippen molar-refractivity contribution in [2.75, 3.05) is 0 Å². The van der Waals surface area contributed by atoms with Gasteiger partial charge in [0.15, 0.2) is 0 Å². The lowest BCUT2D eigenvalue weighted by Gasteiger charge is -1.93. The molecule has 0 aromatic heterocycles. The highest BCUT2D eigenvalue weighted by molar-refractivity contribution is 5.87. The minimum Gasteiger partial charge on any atom is -0.478 e. The Bertz CT molecular complexity index is 626. The molecule has 0 spiro atoms. The van der Waals surface area contributed by atoms with Crippen molar-refractivity contribution in [1.29, 1.82) is 0 Å². The highest BCUT2D eigenvalue weighted by Crippen LogP contribution is 2.10. The fraction of sp³-hybridized carbons (Fsp3) is 0.125. The predicted molar refractivity (Wildman–Crippen MR) is 77.1 cm³/mol. The third-order valence-electron chi connectivity index (χ3n) is 2.47. The number of hydrogen-bond donors (Lipinski definition) is 1. The molecule has 1 N–H and O–H groups in total. The van der Waals surface area contributed by atoms with Gasteiger partial charge in [-0.15, -0.1) is 0 Å². The SMILES string of the molecule is Cc1ccc(N=C=O)cc1.Cc1cccc(C(=O)O)c1. The normalized spacial score (nSPS) is 8.90. The van der Waals surface area contributed by atoms with Gasteiger partial charge in [-0.2, -0.15) is 4.99 Å². The molecule has 0 unspecified atom stereocenters. The number of hydrogen-bond acceptors (Lipinski definition) is 3. The largest absolute Gasteiger partial charge is 0.478 e. The summed E-state index contributed by atoms with van der Waals surface area (Å²) in [5, 5.41) is 8.51. The van der Waals surface area contributed by atoms with Gasteiger partial charge in [0.1, 0.15) is 0 Å². The Morgan fingerprint density at radius 2 is 1.70 bits per heavy atom. The first-order valence-electron chi connectivity index (χ1n) is 5.97. The van der Waals surface area contributed by atoms with Crippen LogP contribution in [0.1, 0.15) is 21.5 Å². The molecule has 2 rings (SSSR count). The minimum atomic E-state index is -0.872. The van der Waals surface area contributed by atoms with Gasteiger partial charge in [0.2, 0.25) is 6.08 Å². The molecule has 102 valence electrons. The molecule has 4 nitrogen and oxygen atoms in total. The van der Waals surface area contributed by atoms with Crippen molar-refractivity contribution >= 4 is 17.7 Å². The molecule has 0 radical (unpaired) electrons. The van der Waals surface area contributed by atoms with Crippen molar-refractivity contribution in [2.45, 2.75) is 13.8 Å². The average molecular weight is 269 g/mol. The van der Waals surface area contributed by atoms with Crippen LogP contribution >= 0.6 is 0 Å². The lowest BCUT2D eigenvalue weighted by Crippen LogP contribution is -1.95. The molecule has 0 heterocycles. The fourth-order valence-corrected chi connectivity index (χ4v) is 1.45. The highest BCUT2D eigenvalue weighted by Gasteiger charge is 1.99. The topological polar surface area (TPSA) is 66.7 Å². The van der Waals surface area contributed by atoms with Gasteiger partial charge in [0.05, 0.1) is 11.3 Å². The summed E-state index contributed by atoms with van der Waals surface area (Å²) in [7, 11) is 0. The zero-order chi connectivity index (χ0) is 15.0. The van der Waals surface area contributed by atoms with Gasteiger partial charge in [0, 0.05) is 0 Å². The molecular weight excluding hydrogens is 254 g/mol. The van der Waals surface area contributed by atoms with Crippen molar-refractivity contribution in [3.8, 4) is 0 Å². The number of carboxylic acid groups (broad SMARTS) is 1. The molecule has 0 aliphatic carbocycles. The van der Waals surface area contributed by atoms with E-state index in [0.29, 0.717) is 11.3 Å². The monoisotopic (exact) mass is 269 g/mol. The zero-order valence-corrected chi connectivity index (χ0v) is 11.3. The number of rotatable bonds is 2. The van der Waals surface area contributed by atoms with E-state index in [1.54, 1.807) is 30.3 Å². The summed E-state index contributed by atoms with van der Waals surface area (Å²) in [5.74, 6) is -0.872. The smallest absolute Gasteiger partial charge is 0.335 e. The molecule has 20 heavy (non-hydrogen) atoms. The maximum atomic E-state index is 10.4. The molecule has 0 aliphatic heterocycles. The van der Waals surface area contributed by atoms with Gasteiger partial charge in [-0.1, -0.05) is 35.4 Å². The van der Waals surface area contributed by atoms with Gasteiger partial charge < -0.3 is 5.11 Å². The summed E-state index contributed by atoms with van der Waals surface area (Å²) in [6.07, 6.45) is 1.48. The van der Waals surface area contributed by atoms with Crippen LogP contribution in [0.4, 0.5) is 5.69 Å². The number of aryl methyl sites for hydroxylation is 2. The molecule has 0 fully saturated rings. The molecule has 0 saturated carbocycles. The second-order valence-electron chi connectivity index (χ2n) is 4.21. The van der Waals surface area contributed by atoms with E-state index in [4.69, 9.17) is 5.11 Å². The number of carbonyl (C=O) groups excluding carboxylic acids is 1. The predicted octanol–water partition coefficient (Wildman–Crippen LogP) is 3.66. The molecule has 0 aliphatic rings. The number of carbonyl (C=O) groups is 1. The number of aliphatic imine (C=N–C) groups is 1. The van der Waals surface area contributed by atoms with Gasteiger partial charge >= 0.3 is 5.97 Å². The van der Waals surface area contributed by atoms with Crippen molar-refractivity contribution in [1.82, 2.24) is 0 Å². The van der Waals surface area contributed by atoms with E-state index in [1.807, 2.05) is 32.0 Å². The second kappa shape index (κ2) is 7.67. The van der Waals surface area contributed by atoms with Crippen LogP contribution in [0.5, 0.6) is 0 Å². The Hall–Kier alpha value is -2.71. The Kier molecular flexibility index (Phi) is 5.88. The zero-order valence-electron chi connectivity index (χ0n) is 11.3. The number of aromatic carboxylic acids is 1. The molecule has 0 amide bonds. The van der Waals surface area contributed by atoms with Crippen LogP contribution < -0.4 is 0 Å². The lowest BCUT2D eigenvalue weighted by atomic mass is 10.1. The number of carboxylic acids is 1. The van der Waals surface area contributed by atoms with Crippen LogP contribution in [0.3, 0.4) is 0 Å². The van der Waals surface area contributed by atoms with E-state index in [1.165, 1.54) is 6.08 Å². The molecule has 2 aromatic carbocycles. The van der Waals surface area contributed by atoms with Crippen LogP contribution in [0.15, 0.2) is 53.5 Å². The van der Waals surface area contributed by atoms with E-state index in [2.05, 4.69) is 4.99 Å². The molecule has 0 saturated heterocycles. The van der Waals surface area contributed by atoms with Crippen molar-refractivity contribution in [3.63, 3.8) is 0 Å². The maximum Gasteiger partial charge on any atom is 0.335 e. The van der Waals surface area contributed by atoms with Gasteiger partial charge in [-0.3, -0.25) is 0 Å². The van der Waals surface area contributed by atoms with E-state index in [-0.39, 0.29) is 0 Å². The van der Waals surface area contributed by atoms with Gasteiger partial charge in [-0.05, 0) is 38.1 Å². The molecule has 0 atom stereocenters. The Labute approximate surface area is 117 Å². The third kappa shape index (κ3) is 5.29. The Morgan fingerprint density at radius 1 is 1.05 bits per heavy atom. The quantitative estimate of drug-likeness (QED) is 0.668. The van der Waals surface area contributed by atoms with Crippen molar-refractivity contribution in [3.05, 3.63) is 65.2 Å². The van der Waals surface area contributed by atoms with E-state index < -0.39 is 5.97 Å². The number of isocyanates is 1. The lowest BCUT2D eigenvalue weighted by molar-refractivity contribution is 0.0697. The van der Waals surface area contributed by atoms with Crippen LogP contribution in [0.25, 0.3) is 0 Å². The first-order chi connectivity index (χ1) is 9.52. The number of benzene rings is 2. The van der Waals surface area contributed by atoms with Crippen LogP contribution in [-0.4, -0.2) is 17.2 Å². The maximum absolute atomic E-state index is 10.4. The molecule has 0 bridgehead atoms. The molecule has 2 aromatic rings. The van der Waals surface area contributed by atoms with Crippen LogP contribution in [-0.2, 0) is 4.79 Å². The molecular formula is C16H15NO3. The summed E-state index contributed by atoms with van der Waals surface area (Å²) in [6.45, 7) is 3.85. The Morgan fingerprint density at radius 3 is 2.15 bits per heavy atom. The first-order valence-corrected chi connectivity index (χ1v) is 5.97. The van der Waals surface area contributed by atoms with Crippen molar-refractivity contribution in [2.24, 2.45) is 4.99 Å². The molecule has 4 heteroatoms. The van der Waals surface area contributed by atoms with Crippen molar-refractivity contribution < 1.29 is 14.7 Å². The standard InChI is InChI=1S/C8H7NO.C8H8O2/c1-7-2-4-8(5-3-7)9-6-10;1-6-3-2-4-7(5-6)8(9)10/h2-5H,1H3;2-5H,1H3,(H,9,10). The average Bonchev–Trinajstić information content (AvgIpc) is 2.42. The van der Waals surface area contributed by atoms with Crippen LogP contribution in [0.2, 0.25) is 0 Å². The minimum absolute atomic E-state index is 0.347. The highest BCUT2D eigenvalue weighted by atomic mass is 16.4. The number of nitrogens with zero attached hydrogens (tertiary/aromatic N) is 1. The summed E-state index contributed by atoms with van der Waals surface area (Å²) in [5.41, 5.74) is 3.13.